The van der Waals surface area contributed by atoms with E-state index in [1.807, 2.05) is 0 Å². The van der Waals surface area contributed by atoms with Gasteiger partial charge < -0.3 is 23.5 Å². The first-order chi connectivity index (χ1) is 14.4. The summed E-state index contributed by atoms with van der Waals surface area (Å²) in [5.74, 6) is 0.0550. The highest BCUT2D eigenvalue weighted by atomic mass is 19.1. The number of hydrogen-bond donors (Lipinski definition) is 0. The van der Waals surface area contributed by atoms with Gasteiger partial charge in [0.05, 0.1) is 21.3 Å². The molecule has 0 fully saturated rings. The molecule has 0 saturated heterocycles. The van der Waals surface area contributed by atoms with Crippen LogP contribution in [0.25, 0.3) is 11.4 Å². The molecule has 0 bridgehead atoms. The first kappa shape index (κ1) is 21.1. The Hall–Kier alpha value is -3.62. The third-order valence-electron chi connectivity index (χ3n) is 4.43. The van der Waals surface area contributed by atoms with Gasteiger partial charge in [-0.2, -0.15) is 4.98 Å². The standard InChI is InChI=1S/C21H21FN2O6/c1-11-6-7-13(10-15(11)22)19-23-20(30-24-19)12(2)29-21(25)14-8-9-16(26-3)18(28-5)17(14)27-4/h6-10,12H,1-5H3. The van der Waals surface area contributed by atoms with Crippen molar-refractivity contribution in [3.05, 3.63) is 53.2 Å². The molecule has 1 unspecified atom stereocenters. The molecule has 0 aliphatic carbocycles. The Morgan fingerprint density at radius 2 is 1.80 bits per heavy atom. The minimum absolute atomic E-state index is 0.0683. The Balaban J connectivity index is 1.81. The molecule has 0 aliphatic heterocycles. The van der Waals surface area contributed by atoms with Crippen molar-refractivity contribution in [3.8, 4) is 28.6 Å². The van der Waals surface area contributed by atoms with Crippen LogP contribution in [-0.2, 0) is 4.74 Å². The summed E-state index contributed by atoms with van der Waals surface area (Å²) in [5, 5.41) is 3.84. The molecule has 0 N–H and O–H groups in total. The van der Waals surface area contributed by atoms with E-state index in [0.29, 0.717) is 16.9 Å². The number of carbonyl (C=O) groups excluding carboxylic acids is 1. The second kappa shape index (κ2) is 8.81. The lowest BCUT2D eigenvalue weighted by atomic mass is 10.1. The minimum Gasteiger partial charge on any atom is -0.493 e. The van der Waals surface area contributed by atoms with Gasteiger partial charge in [0, 0.05) is 5.56 Å². The Morgan fingerprint density at radius 1 is 1.07 bits per heavy atom. The summed E-state index contributed by atoms with van der Waals surface area (Å²) in [5.41, 5.74) is 1.10. The van der Waals surface area contributed by atoms with Gasteiger partial charge in [0.1, 0.15) is 11.4 Å². The third kappa shape index (κ3) is 4.05. The Morgan fingerprint density at radius 3 is 2.43 bits per heavy atom. The van der Waals surface area contributed by atoms with E-state index in [2.05, 4.69) is 10.1 Å². The summed E-state index contributed by atoms with van der Waals surface area (Å²) in [4.78, 5) is 16.9. The minimum atomic E-state index is -0.855. The van der Waals surface area contributed by atoms with E-state index in [-0.39, 0.29) is 34.6 Å². The predicted molar refractivity (Wildman–Crippen MR) is 104 cm³/mol. The molecule has 158 valence electrons. The number of esters is 1. The highest BCUT2D eigenvalue weighted by molar-refractivity contribution is 5.94. The van der Waals surface area contributed by atoms with Crippen LogP contribution in [0.1, 0.15) is 34.8 Å². The van der Waals surface area contributed by atoms with Gasteiger partial charge in [-0.25, -0.2) is 9.18 Å². The van der Waals surface area contributed by atoms with Crippen LogP contribution in [0.15, 0.2) is 34.9 Å². The van der Waals surface area contributed by atoms with Crippen molar-refractivity contribution in [3.63, 3.8) is 0 Å². The zero-order chi connectivity index (χ0) is 21.8. The van der Waals surface area contributed by atoms with Crippen LogP contribution in [0.5, 0.6) is 17.2 Å². The Kier molecular flexibility index (Phi) is 6.20. The van der Waals surface area contributed by atoms with Crippen molar-refractivity contribution >= 4 is 5.97 Å². The molecule has 0 saturated carbocycles. The SMILES string of the molecule is COc1ccc(C(=O)OC(C)c2nc(-c3ccc(C)c(F)c3)no2)c(OC)c1OC. The average Bonchev–Trinajstić information content (AvgIpc) is 3.24. The summed E-state index contributed by atoms with van der Waals surface area (Å²) >= 11 is 0. The zero-order valence-electron chi connectivity index (χ0n) is 17.2. The molecule has 0 amide bonds. The second-order valence-corrected chi connectivity index (χ2v) is 6.35. The van der Waals surface area contributed by atoms with Crippen molar-refractivity contribution in [1.29, 1.82) is 0 Å². The lowest BCUT2D eigenvalue weighted by Crippen LogP contribution is -2.11. The number of ether oxygens (including phenoxy) is 4. The Labute approximate surface area is 172 Å². The second-order valence-electron chi connectivity index (χ2n) is 6.35. The topological polar surface area (TPSA) is 92.9 Å². The molecule has 3 aromatic rings. The molecule has 30 heavy (non-hydrogen) atoms. The van der Waals surface area contributed by atoms with Crippen LogP contribution in [0.2, 0.25) is 0 Å². The van der Waals surface area contributed by atoms with Gasteiger partial charge in [-0.3, -0.25) is 0 Å². The van der Waals surface area contributed by atoms with E-state index < -0.39 is 12.1 Å². The molecule has 1 aromatic heterocycles. The monoisotopic (exact) mass is 416 g/mol. The molecular weight excluding hydrogens is 395 g/mol. The van der Waals surface area contributed by atoms with E-state index in [9.17, 15) is 9.18 Å². The van der Waals surface area contributed by atoms with Gasteiger partial charge in [0.2, 0.25) is 11.6 Å². The first-order valence-electron chi connectivity index (χ1n) is 8.99. The van der Waals surface area contributed by atoms with Crippen LogP contribution in [-0.4, -0.2) is 37.4 Å². The van der Waals surface area contributed by atoms with Crippen LogP contribution in [0.3, 0.4) is 0 Å². The van der Waals surface area contributed by atoms with Crippen molar-refractivity contribution < 1.29 is 32.7 Å². The largest absolute Gasteiger partial charge is 0.493 e. The quantitative estimate of drug-likeness (QED) is 0.531. The fourth-order valence-electron chi connectivity index (χ4n) is 2.79. The Bertz CT molecular complexity index is 1070. The van der Waals surface area contributed by atoms with Crippen molar-refractivity contribution in [2.75, 3.05) is 21.3 Å². The smallest absolute Gasteiger partial charge is 0.342 e. The maximum atomic E-state index is 13.8. The number of benzene rings is 2. The van der Waals surface area contributed by atoms with E-state index in [1.165, 1.54) is 33.5 Å². The molecule has 0 radical (unpaired) electrons. The number of methoxy groups -OCH3 is 3. The predicted octanol–water partition coefficient (Wildman–Crippen LogP) is 4.13. The van der Waals surface area contributed by atoms with Crippen LogP contribution in [0, 0.1) is 12.7 Å². The molecule has 0 spiro atoms. The molecule has 8 nitrogen and oxygen atoms in total. The van der Waals surface area contributed by atoms with Crippen molar-refractivity contribution in [1.82, 2.24) is 10.1 Å². The maximum Gasteiger partial charge on any atom is 0.342 e. The summed E-state index contributed by atoms with van der Waals surface area (Å²) < 4.78 is 40.2. The summed E-state index contributed by atoms with van der Waals surface area (Å²) in [6.07, 6.45) is -0.855. The number of hydrogen-bond acceptors (Lipinski definition) is 8. The highest BCUT2D eigenvalue weighted by Crippen LogP contribution is 2.40. The van der Waals surface area contributed by atoms with Crippen molar-refractivity contribution in [2.45, 2.75) is 20.0 Å². The molecule has 9 heteroatoms. The van der Waals surface area contributed by atoms with E-state index >= 15 is 0 Å². The fraction of sp³-hybridized carbons (Fsp3) is 0.286. The van der Waals surface area contributed by atoms with Gasteiger partial charge in [0.15, 0.2) is 17.6 Å². The van der Waals surface area contributed by atoms with Gasteiger partial charge in [0.25, 0.3) is 5.89 Å². The van der Waals surface area contributed by atoms with Crippen LogP contribution in [0.4, 0.5) is 4.39 Å². The van der Waals surface area contributed by atoms with E-state index in [4.69, 9.17) is 23.5 Å². The molecule has 1 heterocycles. The number of carbonyl (C=O) groups is 1. The number of aryl methyl sites for hydroxylation is 1. The lowest BCUT2D eigenvalue weighted by Gasteiger charge is -2.16. The molecule has 1 atom stereocenters. The fourth-order valence-corrected chi connectivity index (χ4v) is 2.79. The highest BCUT2D eigenvalue weighted by Gasteiger charge is 2.25. The van der Waals surface area contributed by atoms with Crippen molar-refractivity contribution in [2.24, 2.45) is 0 Å². The van der Waals surface area contributed by atoms with Crippen LogP contribution >= 0.6 is 0 Å². The van der Waals surface area contributed by atoms with Gasteiger partial charge in [-0.1, -0.05) is 17.3 Å². The van der Waals surface area contributed by atoms with Gasteiger partial charge in [-0.05, 0) is 37.6 Å². The number of halogens is 1. The maximum absolute atomic E-state index is 13.8. The van der Waals surface area contributed by atoms with Gasteiger partial charge in [-0.15, -0.1) is 0 Å². The molecule has 0 aliphatic rings. The van der Waals surface area contributed by atoms with E-state index in [0.717, 1.165) is 0 Å². The number of rotatable bonds is 7. The van der Waals surface area contributed by atoms with E-state index in [1.54, 1.807) is 32.0 Å². The lowest BCUT2D eigenvalue weighted by molar-refractivity contribution is 0.0261. The zero-order valence-corrected chi connectivity index (χ0v) is 17.2. The summed E-state index contributed by atoms with van der Waals surface area (Å²) in [6.45, 7) is 3.24. The number of nitrogens with zero attached hydrogens (tertiary/aromatic N) is 2. The third-order valence-corrected chi connectivity index (χ3v) is 4.43. The summed E-state index contributed by atoms with van der Waals surface area (Å²) in [6, 6.07) is 7.68. The van der Waals surface area contributed by atoms with Gasteiger partial charge >= 0.3 is 5.97 Å². The molecule has 2 aromatic carbocycles. The van der Waals surface area contributed by atoms with Crippen LogP contribution < -0.4 is 14.2 Å². The normalized spacial score (nSPS) is 11.7. The summed E-state index contributed by atoms with van der Waals surface area (Å²) in [7, 11) is 4.32. The first-order valence-corrected chi connectivity index (χ1v) is 8.99. The molecular formula is C21H21FN2O6. The number of aromatic nitrogens is 2. The average molecular weight is 416 g/mol. The molecule has 3 rings (SSSR count).